The predicted octanol–water partition coefficient (Wildman–Crippen LogP) is 5.05. The third-order valence-electron chi connectivity index (χ3n) is 7.83. The lowest BCUT2D eigenvalue weighted by Gasteiger charge is -2.29. The van der Waals surface area contributed by atoms with Crippen LogP contribution in [0.2, 0.25) is 0 Å². The number of nitriles is 1. The van der Waals surface area contributed by atoms with Gasteiger partial charge in [0.1, 0.15) is 17.9 Å². The molecule has 5 rings (SSSR count). The fourth-order valence-electron chi connectivity index (χ4n) is 5.48. The minimum atomic E-state index is -1.12. The topological polar surface area (TPSA) is 116 Å². The van der Waals surface area contributed by atoms with E-state index in [4.69, 9.17) is 9.47 Å². The van der Waals surface area contributed by atoms with E-state index >= 15 is 0 Å². The third-order valence-corrected chi connectivity index (χ3v) is 7.83. The maximum absolute atomic E-state index is 11.4. The van der Waals surface area contributed by atoms with Gasteiger partial charge in [-0.05, 0) is 79.6 Å². The van der Waals surface area contributed by atoms with Crippen LogP contribution in [0, 0.1) is 17.2 Å². The van der Waals surface area contributed by atoms with Crippen molar-refractivity contribution in [2.45, 2.75) is 51.4 Å². The number of hydrogen-bond acceptors (Lipinski definition) is 7. The molecule has 1 saturated heterocycles. The smallest absolute Gasteiger partial charge is 0.309 e. The van der Waals surface area contributed by atoms with Gasteiger partial charge >= 0.3 is 5.97 Å². The second kappa shape index (κ2) is 11.4. The molecule has 8 nitrogen and oxygen atoms in total. The summed E-state index contributed by atoms with van der Waals surface area (Å²) in [5.41, 5.74) is 6.01. The molecule has 0 aliphatic carbocycles. The molecule has 2 aliphatic rings. The van der Waals surface area contributed by atoms with E-state index in [0.717, 1.165) is 60.3 Å². The molecule has 202 valence electrons. The molecule has 0 amide bonds. The summed E-state index contributed by atoms with van der Waals surface area (Å²) in [6.45, 7) is 4.35. The number of benzene rings is 2. The number of fused-ring (bicyclic) bond motifs is 1. The summed E-state index contributed by atoms with van der Waals surface area (Å²) in [5, 5.41) is 29.7. The summed E-state index contributed by atoms with van der Waals surface area (Å²) >= 11 is 0. The van der Waals surface area contributed by atoms with E-state index in [-0.39, 0.29) is 6.10 Å². The van der Waals surface area contributed by atoms with Gasteiger partial charge in [-0.15, -0.1) is 0 Å². The van der Waals surface area contributed by atoms with Crippen LogP contribution < -0.4 is 9.47 Å². The van der Waals surface area contributed by atoms with E-state index in [1.54, 1.807) is 25.4 Å². The van der Waals surface area contributed by atoms with Gasteiger partial charge in [-0.3, -0.25) is 9.69 Å². The first kappa shape index (κ1) is 26.7. The molecule has 3 atom stereocenters. The van der Waals surface area contributed by atoms with Crippen LogP contribution >= 0.6 is 0 Å². The van der Waals surface area contributed by atoms with Crippen LogP contribution in [0.3, 0.4) is 0 Å². The van der Waals surface area contributed by atoms with Crippen LogP contribution in [0.25, 0.3) is 11.1 Å². The lowest BCUT2D eigenvalue weighted by molar-refractivity contribution is -0.145. The lowest BCUT2D eigenvalue weighted by Crippen LogP contribution is -2.21. The average Bonchev–Trinajstić information content (AvgIpc) is 3.48. The number of carbonyl (C=O) groups is 1. The van der Waals surface area contributed by atoms with Crippen LogP contribution in [0.1, 0.15) is 66.2 Å². The monoisotopic (exact) mass is 527 g/mol. The molecule has 1 fully saturated rings. The Hall–Kier alpha value is -3.93. The van der Waals surface area contributed by atoms with Crippen molar-refractivity contribution < 1.29 is 24.5 Å². The number of carboxylic acid groups (broad SMARTS) is 1. The number of nitrogens with zero attached hydrogens (tertiary/aromatic N) is 3. The Balaban J connectivity index is 1.48. The van der Waals surface area contributed by atoms with Crippen LogP contribution in [0.4, 0.5) is 0 Å². The summed E-state index contributed by atoms with van der Waals surface area (Å²) in [5.74, 6) is -0.830. The minimum Gasteiger partial charge on any atom is -0.485 e. The summed E-state index contributed by atoms with van der Waals surface area (Å²) in [4.78, 5) is 18.0. The fourth-order valence-corrected chi connectivity index (χ4v) is 5.48. The summed E-state index contributed by atoms with van der Waals surface area (Å²) in [7, 11) is 1.57. The Kier molecular flexibility index (Phi) is 7.82. The van der Waals surface area contributed by atoms with Crippen molar-refractivity contribution in [2.75, 3.05) is 20.2 Å². The van der Waals surface area contributed by atoms with Gasteiger partial charge in [0, 0.05) is 24.4 Å². The number of ether oxygens (including phenoxy) is 2. The number of carboxylic acids is 1. The number of aliphatic hydroxyl groups excluding tert-OH is 1. The molecule has 0 spiro atoms. The predicted molar refractivity (Wildman–Crippen MR) is 145 cm³/mol. The zero-order valence-corrected chi connectivity index (χ0v) is 22.3. The third kappa shape index (κ3) is 5.60. The molecule has 1 unspecified atom stereocenters. The molecule has 0 bridgehead atoms. The van der Waals surface area contributed by atoms with Gasteiger partial charge in [0.2, 0.25) is 5.88 Å². The number of aromatic nitrogens is 1. The first-order chi connectivity index (χ1) is 18.9. The van der Waals surface area contributed by atoms with E-state index < -0.39 is 18.0 Å². The zero-order valence-electron chi connectivity index (χ0n) is 22.3. The Morgan fingerprint density at radius 3 is 2.72 bits per heavy atom. The molecule has 1 aromatic heterocycles. The second-order valence-electron chi connectivity index (χ2n) is 10.4. The minimum absolute atomic E-state index is 0.185. The number of rotatable bonds is 8. The first-order valence-electron chi connectivity index (χ1n) is 13.4. The quantitative estimate of drug-likeness (QED) is 0.418. The number of hydrogen-bond donors (Lipinski definition) is 2. The molecular formula is C31H33N3O5. The Morgan fingerprint density at radius 1 is 1.21 bits per heavy atom. The van der Waals surface area contributed by atoms with Gasteiger partial charge in [-0.2, -0.15) is 5.26 Å². The normalized spacial score (nSPS) is 18.5. The molecule has 2 N–H and O–H groups in total. The summed E-state index contributed by atoms with van der Waals surface area (Å²) in [6, 6.07) is 15.9. The summed E-state index contributed by atoms with van der Waals surface area (Å²) in [6.07, 6.45) is 4.23. The van der Waals surface area contributed by atoms with Crippen LogP contribution in [0.5, 0.6) is 11.6 Å². The number of pyridine rings is 1. The number of aryl methyl sites for hydroxylation is 1. The largest absolute Gasteiger partial charge is 0.485 e. The molecule has 2 aliphatic heterocycles. The highest BCUT2D eigenvalue weighted by Gasteiger charge is 2.27. The van der Waals surface area contributed by atoms with Gasteiger partial charge < -0.3 is 19.7 Å². The van der Waals surface area contributed by atoms with E-state index in [0.29, 0.717) is 22.8 Å². The number of aliphatic carboxylic acids is 1. The fraction of sp³-hybridized carbons (Fsp3) is 0.387. The van der Waals surface area contributed by atoms with Crippen molar-refractivity contribution in [3.63, 3.8) is 0 Å². The average molecular weight is 528 g/mol. The van der Waals surface area contributed by atoms with Gasteiger partial charge in [0.15, 0.2) is 0 Å². The highest BCUT2D eigenvalue weighted by atomic mass is 16.5. The SMILES string of the molecule is COc1cc(-c2ccc(C3CCc4ccc([C@H](O)[C@H](C)C(=O)O)cc4O3)cc2CN2CCCC2)c(C#N)cn1. The van der Waals surface area contributed by atoms with Crippen molar-refractivity contribution >= 4 is 5.97 Å². The molecule has 3 heterocycles. The number of methoxy groups -OCH3 is 1. The molecule has 0 saturated carbocycles. The van der Waals surface area contributed by atoms with E-state index in [2.05, 4.69) is 34.2 Å². The standard InChI is InChI=1S/C31H33N3O5/c1-19(31(36)37)30(35)22-6-5-20-8-10-27(39-28(20)14-22)21-7-9-25(23(13-21)18-34-11-3-4-12-34)26-15-29(38-2)33-17-24(26)16-32/h5-7,9,13-15,17,19,27,30,35H,3-4,8,10-12,18H2,1-2H3,(H,36,37)/t19-,27?,30+/m0/s1. The van der Waals surface area contributed by atoms with Crippen molar-refractivity contribution in [3.8, 4) is 28.8 Å². The second-order valence-corrected chi connectivity index (χ2v) is 10.4. The van der Waals surface area contributed by atoms with E-state index in [9.17, 15) is 20.3 Å². The molecule has 2 aromatic carbocycles. The van der Waals surface area contributed by atoms with Crippen LogP contribution in [-0.2, 0) is 17.8 Å². The van der Waals surface area contributed by atoms with E-state index in [1.165, 1.54) is 19.8 Å². The van der Waals surface area contributed by atoms with Crippen molar-refractivity contribution in [1.29, 1.82) is 5.26 Å². The first-order valence-corrected chi connectivity index (χ1v) is 13.4. The van der Waals surface area contributed by atoms with Gasteiger partial charge in [0.05, 0.1) is 24.7 Å². The Labute approximate surface area is 228 Å². The van der Waals surface area contributed by atoms with Crippen molar-refractivity contribution in [1.82, 2.24) is 9.88 Å². The maximum Gasteiger partial charge on any atom is 0.309 e. The molecule has 8 heteroatoms. The van der Waals surface area contributed by atoms with Gasteiger partial charge in [-0.1, -0.05) is 30.3 Å². The molecule has 39 heavy (non-hydrogen) atoms. The highest BCUT2D eigenvalue weighted by molar-refractivity contribution is 5.74. The number of aliphatic hydroxyl groups is 1. The Morgan fingerprint density at radius 2 is 2.00 bits per heavy atom. The molecule has 0 radical (unpaired) electrons. The van der Waals surface area contributed by atoms with Crippen molar-refractivity contribution in [2.24, 2.45) is 5.92 Å². The molecule has 3 aromatic rings. The van der Waals surface area contributed by atoms with Crippen molar-refractivity contribution in [3.05, 3.63) is 76.5 Å². The van der Waals surface area contributed by atoms with Crippen LogP contribution in [-0.4, -0.2) is 46.3 Å². The number of likely N-dealkylation sites (tertiary alicyclic amines) is 1. The zero-order chi connectivity index (χ0) is 27.5. The van der Waals surface area contributed by atoms with Crippen LogP contribution in [0.15, 0.2) is 48.7 Å². The summed E-state index contributed by atoms with van der Waals surface area (Å²) < 4.78 is 11.8. The van der Waals surface area contributed by atoms with Gasteiger partial charge in [0.25, 0.3) is 0 Å². The maximum atomic E-state index is 11.4. The lowest BCUT2D eigenvalue weighted by atomic mass is 9.90. The van der Waals surface area contributed by atoms with E-state index in [1.807, 2.05) is 12.1 Å². The highest BCUT2D eigenvalue weighted by Crippen LogP contribution is 2.39. The van der Waals surface area contributed by atoms with Gasteiger partial charge in [-0.25, -0.2) is 4.98 Å². The molecular weight excluding hydrogens is 494 g/mol. The Bertz CT molecular complexity index is 1410.